The first kappa shape index (κ1) is 18.3. The molecule has 0 aromatic heterocycles. The summed E-state index contributed by atoms with van der Waals surface area (Å²) in [6.07, 6.45) is 7.64. The number of carbonyl (C=O) groups is 1. The average Bonchev–Trinajstić information content (AvgIpc) is 3.03. The van der Waals surface area contributed by atoms with Crippen LogP contribution in [0.25, 0.3) is 0 Å². The van der Waals surface area contributed by atoms with Gasteiger partial charge in [0.2, 0.25) is 5.91 Å². The van der Waals surface area contributed by atoms with Gasteiger partial charge in [0.05, 0.1) is 0 Å². The lowest BCUT2D eigenvalue weighted by Crippen LogP contribution is -2.37. The Bertz CT molecular complexity index is 474. The molecule has 3 rings (SSSR count). The largest absolute Gasteiger partial charge is 0.339 e. The monoisotopic (exact) mass is 336 g/mol. The van der Waals surface area contributed by atoms with Crippen molar-refractivity contribution < 1.29 is 4.79 Å². The molecule has 0 aliphatic carbocycles. The highest BCUT2D eigenvalue weighted by Crippen LogP contribution is 2.24. The second kappa shape index (κ2) is 9.29. The predicted octanol–water partition coefficient (Wildman–Crippen LogP) is 3.42. The minimum atomic E-state index is 0. The Balaban J connectivity index is 0.00000192. The van der Waals surface area contributed by atoms with E-state index >= 15 is 0 Å². The third kappa shape index (κ3) is 5.22. The Morgan fingerprint density at radius 3 is 2.61 bits per heavy atom. The van der Waals surface area contributed by atoms with Crippen LogP contribution >= 0.6 is 12.4 Å². The van der Waals surface area contributed by atoms with E-state index in [1.165, 1.54) is 18.4 Å². The lowest BCUT2D eigenvalue weighted by molar-refractivity contribution is -0.132. The fourth-order valence-corrected chi connectivity index (χ4v) is 3.90. The number of nitrogens with one attached hydrogen (secondary N) is 1. The van der Waals surface area contributed by atoms with E-state index in [1.807, 2.05) is 0 Å². The SMILES string of the molecule is Cl.O=C(CCC1CCNCC1)N1CCCC1Cc1ccccc1. The van der Waals surface area contributed by atoms with Gasteiger partial charge in [-0.2, -0.15) is 0 Å². The van der Waals surface area contributed by atoms with E-state index in [4.69, 9.17) is 0 Å². The standard InChI is InChI=1S/C19H28N2O.ClH/c22-19(9-8-16-10-12-20-13-11-16)21-14-4-7-18(21)15-17-5-2-1-3-6-17;/h1-3,5-6,16,18,20H,4,7-15H2;1H. The maximum Gasteiger partial charge on any atom is 0.222 e. The predicted molar refractivity (Wildman–Crippen MR) is 97.0 cm³/mol. The molecule has 2 aliphatic heterocycles. The van der Waals surface area contributed by atoms with Gasteiger partial charge in [-0.3, -0.25) is 4.79 Å². The molecule has 1 atom stereocenters. The first-order valence-corrected chi connectivity index (χ1v) is 8.87. The number of hydrogen-bond acceptors (Lipinski definition) is 2. The minimum Gasteiger partial charge on any atom is -0.339 e. The van der Waals surface area contributed by atoms with Crippen molar-refractivity contribution in [2.75, 3.05) is 19.6 Å². The molecule has 1 N–H and O–H groups in total. The molecule has 2 fully saturated rings. The zero-order chi connectivity index (χ0) is 15.2. The number of rotatable bonds is 5. The zero-order valence-electron chi connectivity index (χ0n) is 13.9. The Hall–Kier alpha value is -1.06. The van der Waals surface area contributed by atoms with Crippen molar-refractivity contribution >= 4 is 18.3 Å². The van der Waals surface area contributed by atoms with Crippen LogP contribution < -0.4 is 5.32 Å². The molecule has 1 unspecified atom stereocenters. The molecule has 3 nitrogen and oxygen atoms in total. The molecule has 1 amide bonds. The summed E-state index contributed by atoms with van der Waals surface area (Å²) in [5.74, 6) is 1.14. The third-order valence-electron chi connectivity index (χ3n) is 5.24. The van der Waals surface area contributed by atoms with E-state index in [0.29, 0.717) is 11.9 Å². The summed E-state index contributed by atoms with van der Waals surface area (Å²) < 4.78 is 0. The van der Waals surface area contributed by atoms with Crippen LogP contribution in [0, 0.1) is 5.92 Å². The summed E-state index contributed by atoms with van der Waals surface area (Å²) in [6.45, 7) is 3.21. The van der Waals surface area contributed by atoms with Crippen molar-refractivity contribution in [3.63, 3.8) is 0 Å². The molecule has 2 saturated heterocycles. The molecule has 0 bridgehead atoms. The highest BCUT2D eigenvalue weighted by atomic mass is 35.5. The average molecular weight is 337 g/mol. The van der Waals surface area contributed by atoms with Crippen LogP contribution in [-0.4, -0.2) is 36.5 Å². The van der Waals surface area contributed by atoms with Gasteiger partial charge in [0, 0.05) is 19.0 Å². The molecule has 2 aliphatic rings. The van der Waals surface area contributed by atoms with Crippen molar-refractivity contribution in [2.45, 2.75) is 51.0 Å². The van der Waals surface area contributed by atoms with Crippen LogP contribution in [0.1, 0.15) is 44.1 Å². The molecule has 0 spiro atoms. The molecular weight excluding hydrogens is 308 g/mol. The van der Waals surface area contributed by atoms with Gasteiger partial charge < -0.3 is 10.2 Å². The van der Waals surface area contributed by atoms with Crippen LogP contribution in [0.3, 0.4) is 0 Å². The highest BCUT2D eigenvalue weighted by molar-refractivity contribution is 5.85. The summed E-state index contributed by atoms with van der Waals surface area (Å²) >= 11 is 0. The van der Waals surface area contributed by atoms with Gasteiger partial charge in [0.25, 0.3) is 0 Å². The molecule has 0 radical (unpaired) electrons. The summed E-state index contributed by atoms with van der Waals surface area (Å²) in [7, 11) is 0. The maximum atomic E-state index is 12.6. The summed E-state index contributed by atoms with van der Waals surface area (Å²) in [6, 6.07) is 11.0. The summed E-state index contributed by atoms with van der Waals surface area (Å²) in [4.78, 5) is 14.8. The van der Waals surface area contributed by atoms with Crippen molar-refractivity contribution in [1.29, 1.82) is 0 Å². The molecule has 1 aromatic carbocycles. The molecule has 23 heavy (non-hydrogen) atoms. The first-order valence-electron chi connectivity index (χ1n) is 8.87. The van der Waals surface area contributed by atoms with Crippen LogP contribution in [0.15, 0.2) is 30.3 Å². The first-order chi connectivity index (χ1) is 10.8. The lowest BCUT2D eigenvalue weighted by atomic mass is 9.93. The van der Waals surface area contributed by atoms with Crippen LogP contribution in [0.4, 0.5) is 0 Å². The normalized spacial score (nSPS) is 21.9. The second-order valence-electron chi connectivity index (χ2n) is 6.80. The second-order valence-corrected chi connectivity index (χ2v) is 6.80. The quantitative estimate of drug-likeness (QED) is 0.893. The molecule has 2 heterocycles. The van der Waals surface area contributed by atoms with Crippen molar-refractivity contribution in [3.8, 4) is 0 Å². The molecular formula is C19H29ClN2O. The van der Waals surface area contributed by atoms with Crippen LogP contribution in [-0.2, 0) is 11.2 Å². The highest BCUT2D eigenvalue weighted by Gasteiger charge is 2.28. The van der Waals surface area contributed by atoms with Crippen LogP contribution in [0.2, 0.25) is 0 Å². The molecule has 4 heteroatoms. The van der Waals surface area contributed by atoms with Gasteiger partial charge in [0.1, 0.15) is 0 Å². The van der Waals surface area contributed by atoms with E-state index in [-0.39, 0.29) is 12.4 Å². The smallest absolute Gasteiger partial charge is 0.222 e. The molecule has 1 aromatic rings. The van der Waals surface area contributed by atoms with Gasteiger partial charge >= 0.3 is 0 Å². The Labute approximate surface area is 146 Å². The van der Waals surface area contributed by atoms with Gasteiger partial charge in [-0.25, -0.2) is 0 Å². The van der Waals surface area contributed by atoms with Crippen molar-refractivity contribution in [1.82, 2.24) is 10.2 Å². The molecule has 0 saturated carbocycles. The summed E-state index contributed by atoms with van der Waals surface area (Å²) in [5.41, 5.74) is 1.35. The number of amides is 1. The number of nitrogens with zero attached hydrogens (tertiary/aromatic N) is 1. The number of likely N-dealkylation sites (tertiary alicyclic amines) is 1. The van der Waals surface area contributed by atoms with Gasteiger partial charge in [-0.05, 0) is 63.1 Å². The van der Waals surface area contributed by atoms with E-state index in [1.54, 1.807) is 0 Å². The number of benzene rings is 1. The maximum absolute atomic E-state index is 12.6. The fraction of sp³-hybridized carbons (Fsp3) is 0.632. The zero-order valence-corrected chi connectivity index (χ0v) is 14.7. The van der Waals surface area contributed by atoms with E-state index in [2.05, 4.69) is 40.5 Å². The van der Waals surface area contributed by atoms with Gasteiger partial charge in [-0.1, -0.05) is 30.3 Å². The molecule has 128 valence electrons. The Morgan fingerprint density at radius 2 is 1.87 bits per heavy atom. The van der Waals surface area contributed by atoms with E-state index in [9.17, 15) is 4.79 Å². The van der Waals surface area contributed by atoms with E-state index in [0.717, 1.165) is 57.7 Å². The minimum absolute atomic E-state index is 0. The van der Waals surface area contributed by atoms with Gasteiger partial charge in [0.15, 0.2) is 0 Å². The van der Waals surface area contributed by atoms with Crippen LogP contribution in [0.5, 0.6) is 0 Å². The Kier molecular flexibility index (Phi) is 7.38. The van der Waals surface area contributed by atoms with E-state index < -0.39 is 0 Å². The number of halogens is 1. The lowest BCUT2D eigenvalue weighted by Gasteiger charge is -2.27. The third-order valence-corrected chi connectivity index (χ3v) is 5.24. The number of hydrogen-bond donors (Lipinski definition) is 1. The summed E-state index contributed by atoms with van der Waals surface area (Å²) in [5, 5.41) is 3.40. The topological polar surface area (TPSA) is 32.3 Å². The van der Waals surface area contributed by atoms with Gasteiger partial charge in [-0.15, -0.1) is 12.4 Å². The van der Waals surface area contributed by atoms with Crippen molar-refractivity contribution in [2.24, 2.45) is 5.92 Å². The number of piperidine rings is 1. The number of carbonyl (C=O) groups excluding carboxylic acids is 1. The fourth-order valence-electron chi connectivity index (χ4n) is 3.90. The Morgan fingerprint density at radius 1 is 1.13 bits per heavy atom. The van der Waals surface area contributed by atoms with Crippen molar-refractivity contribution in [3.05, 3.63) is 35.9 Å².